The molecule has 3 saturated carbocycles. The molecule has 30 heavy (non-hydrogen) atoms. The molecule has 0 amide bonds. The fourth-order valence-corrected chi connectivity index (χ4v) is 8.06. The summed E-state index contributed by atoms with van der Waals surface area (Å²) in [5, 5.41) is 9.34. The zero-order valence-electron chi connectivity index (χ0n) is 18.4. The number of aromatic carboxylic acids is 1. The Bertz CT molecular complexity index is 837. The molecule has 0 saturated heterocycles. The Balaban J connectivity index is 1.34. The molecular weight excluding hydrogens is 372 g/mol. The van der Waals surface area contributed by atoms with Crippen LogP contribution in [0.2, 0.25) is 0 Å². The summed E-state index contributed by atoms with van der Waals surface area (Å²) in [5.41, 5.74) is 3.26. The molecular formula is C27H36O3. The van der Waals surface area contributed by atoms with Gasteiger partial charge in [-0.2, -0.15) is 0 Å². The Labute approximate surface area is 180 Å². The minimum absolute atomic E-state index is 0.186. The van der Waals surface area contributed by atoms with Crippen LogP contribution in [-0.4, -0.2) is 16.9 Å². The molecule has 0 aromatic heterocycles. The van der Waals surface area contributed by atoms with Gasteiger partial charge in [-0.25, -0.2) is 4.79 Å². The molecule has 5 atom stereocenters. The van der Waals surface area contributed by atoms with Gasteiger partial charge in [0, 0.05) is 12.3 Å². The van der Waals surface area contributed by atoms with Crippen molar-refractivity contribution in [3.05, 3.63) is 34.9 Å². The van der Waals surface area contributed by atoms with Gasteiger partial charge < -0.3 is 5.11 Å². The first-order valence-corrected chi connectivity index (χ1v) is 12.4. The molecule has 0 radical (unpaired) electrons. The second-order valence-electron chi connectivity index (χ2n) is 11.0. The first-order chi connectivity index (χ1) is 14.5. The summed E-state index contributed by atoms with van der Waals surface area (Å²) in [5.74, 6) is 2.56. The van der Waals surface area contributed by atoms with Gasteiger partial charge in [0.25, 0.3) is 0 Å². The van der Waals surface area contributed by atoms with Crippen molar-refractivity contribution in [1.29, 1.82) is 0 Å². The number of benzene rings is 1. The maximum atomic E-state index is 13.4. The van der Waals surface area contributed by atoms with Crippen LogP contribution in [0, 0.1) is 29.1 Å². The molecule has 1 aromatic carbocycles. The van der Waals surface area contributed by atoms with Crippen molar-refractivity contribution in [1.82, 2.24) is 0 Å². The zero-order chi connectivity index (χ0) is 20.9. The van der Waals surface area contributed by atoms with Crippen LogP contribution in [0.3, 0.4) is 0 Å². The van der Waals surface area contributed by atoms with Gasteiger partial charge in [0.2, 0.25) is 0 Å². The van der Waals surface area contributed by atoms with Crippen LogP contribution in [0.25, 0.3) is 0 Å². The SMILES string of the molecule is C[C@]12CC[C@@H]3c4ccc(C(=O)O)cc4CC[C@H]3[C@@H]1CC[C@@H]2C(=O)CC1CCCCC1. The average molecular weight is 409 g/mol. The molecule has 0 spiro atoms. The number of carboxylic acids is 1. The zero-order valence-corrected chi connectivity index (χ0v) is 18.4. The third kappa shape index (κ3) is 3.33. The van der Waals surface area contributed by atoms with E-state index in [9.17, 15) is 14.7 Å². The third-order valence-electron chi connectivity index (χ3n) is 9.58. The van der Waals surface area contributed by atoms with Crippen molar-refractivity contribution in [2.24, 2.45) is 29.1 Å². The van der Waals surface area contributed by atoms with Crippen LogP contribution in [0.4, 0.5) is 0 Å². The van der Waals surface area contributed by atoms with E-state index >= 15 is 0 Å². The van der Waals surface area contributed by atoms with E-state index in [2.05, 4.69) is 13.0 Å². The Morgan fingerprint density at radius 2 is 1.83 bits per heavy atom. The second kappa shape index (κ2) is 7.80. The van der Waals surface area contributed by atoms with E-state index in [0.717, 1.165) is 38.5 Å². The predicted octanol–water partition coefficient (Wildman–Crippen LogP) is 6.40. The molecule has 3 nitrogen and oxygen atoms in total. The highest BCUT2D eigenvalue weighted by Gasteiger charge is 2.56. The van der Waals surface area contributed by atoms with Crippen molar-refractivity contribution in [3.63, 3.8) is 0 Å². The van der Waals surface area contributed by atoms with Crippen molar-refractivity contribution in [2.75, 3.05) is 0 Å². The van der Waals surface area contributed by atoms with Gasteiger partial charge in [-0.05, 0) is 90.9 Å². The molecule has 0 unspecified atom stereocenters. The number of ketones is 1. The lowest BCUT2D eigenvalue weighted by molar-refractivity contribution is -0.129. The number of carbonyl (C=O) groups excluding carboxylic acids is 1. The highest BCUT2D eigenvalue weighted by molar-refractivity contribution is 5.88. The Hall–Kier alpha value is -1.64. The van der Waals surface area contributed by atoms with E-state index in [4.69, 9.17) is 0 Å². The van der Waals surface area contributed by atoms with Gasteiger partial charge in [-0.3, -0.25) is 4.79 Å². The fourth-order valence-electron chi connectivity index (χ4n) is 8.06. The van der Waals surface area contributed by atoms with Gasteiger partial charge in [0.05, 0.1) is 5.56 Å². The predicted molar refractivity (Wildman–Crippen MR) is 118 cm³/mol. The quantitative estimate of drug-likeness (QED) is 0.627. The molecule has 0 bridgehead atoms. The number of aryl methyl sites for hydroxylation is 1. The van der Waals surface area contributed by atoms with Gasteiger partial charge in [0.15, 0.2) is 0 Å². The van der Waals surface area contributed by atoms with Crippen molar-refractivity contribution in [2.45, 2.75) is 89.9 Å². The first kappa shape index (κ1) is 20.3. The topological polar surface area (TPSA) is 54.4 Å². The minimum atomic E-state index is -0.828. The summed E-state index contributed by atoms with van der Waals surface area (Å²) in [6.07, 6.45) is 14.1. The molecule has 3 fully saturated rings. The normalized spacial score (nSPS) is 35.9. The molecule has 162 valence electrons. The number of hydrogen-bond acceptors (Lipinski definition) is 2. The summed E-state index contributed by atoms with van der Waals surface area (Å²) < 4.78 is 0. The van der Waals surface area contributed by atoms with Crippen LogP contribution in [0.15, 0.2) is 18.2 Å². The van der Waals surface area contributed by atoms with E-state index in [1.165, 1.54) is 49.7 Å². The van der Waals surface area contributed by atoms with E-state index in [0.29, 0.717) is 35.0 Å². The lowest BCUT2D eigenvalue weighted by Crippen LogP contribution is -2.44. The summed E-state index contributed by atoms with van der Waals surface area (Å²) in [7, 11) is 0. The summed E-state index contributed by atoms with van der Waals surface area (Å²) in [6.45, 7) is 2.44. The first-order valence-electron chi connectivity index (χ1n) is 12.4. The lowest BCUT2D eigenvalue weighted by atomic mass is 9.53. The Morgan fingerprint density at radius 1 is 1.03 bits per heavy atom. The van der Waals surface area contributed by atoms with Crippen molar-refractivity contribution in [3.8, 4) is 0 Å². The van der Waals surface area contributed by atoms with Crippen LogP contribution in [0.5, 0.6) is 0 Å². The number of hydrogen-bond donors (Lipinski definition) is 1. The molecule has 3 heteroatoms. The van der Waals surface area contributed by atoms with E-state index in [1.54, 1.807) is 6.07 Å². The van der Waals surface area contributed by atoms with E-state index in [1.807, 2.05) is 6.07 Å². The van der Waals surface area contributed by atoms with Gasteiger partial charge >= 0.3 is 5.97 Å². The summed E-state index contributed by atoms with van der Waals surface area (Å²) in [6, 6.07) is 5.80. The van der Waals surface area contributed by atoms with Crippen LogP contribution in [-0.2, 0) is 11.2 Å². The van der Waals surface area contributed by atoms with Gasteiger partial charge in [0.1, 0.15) is 5.78 Å². The monoisotopic (exact) mass is 408 g/mol. The van der Waals surface area contributed by atoms with Gasteiger partial charge in [-0.1, -0.05) is 45.1 Å². The molecule has 4 aliphatic carbocycles. The van der Waals surface area contributed by atoms with Crippen molar-refractivity contribution >= 4 is 11.8 Å². The highest BCUT2D eigenvalue weighted by Crippen LogP contribution is 2.63. The molecule has 0 aliphatic heterocycles. The maximum absolute atomic E-state index is 13.4. The molecule has 0 heterocycles. The molecule has 1 N–H and O–H groups in total. The number of rotatable bonds is 4. The maximum Gasteiger partial charge on any atom is 0.335 e. The second-order valence-corrected chi connectivity index (χ2v) is 11.0. The number of carboxylic acid groups (broad SMARTS) is 1. The summed E-state index contributed by atoms with van der Waals surface area (Å²) in [4.78, 5) is 24.7. The molecule has 5 rings (SSSR count). The largest absolute Gasteiger partial charge is 0.478 e. The fraction of sp³-hybridized carbons (Fsp3) is 0.704. The average Bonchev–Trinajstić information content (AvgIpc) is 3.11. The standard InChI is InChI=1S/C27H36O3/c1-27-14-13-21-20-9-8-19(26(29)30)16-18(20)7-10-22(21)23(27)11-12-24(27)25(28)15-17-5-3-2-4-6-17/h8-9,16-17,21-24H,2-7,10-15H2,1H3,(H,29,30)/t21-,22-,23+,24-,27+/m1/s1. The number of Topliss-reactive ketones (excluding diaryl/α,β-unsaturated/α-hetero) is 1. The summed E-state index contributed by atoms with van der Waals surface area (Å²) >= 11 is 0. The minimum Gasteiger partial charge on any atom is -0.478 e. The number of carbonyl (C=O) groups is 2. The Kier molecular flexibility index (Phi) is 5.27. The van der Waals surface area contributed by atoms with Crippen LogP contribution < -0.4 is 0 Å². The van der Waals surface area contributed by atoms with Crippen LogP contribution in [0.1, 0.15) is 105 Å². The van der Waals surface area contributed by atoms with Crippen molar-refractivity contribution < 1.29 is 14.7 Å². The van der Waals surface area contributed by atoms with Crippen LogP contribution >= 0.6 is 0 Å². The smallest absolute Gasteiger partial charge is 0.335 e. The van der Waals surface area contributed by atoms with Gasteiger partial charge in [-0.15, -0.1) is 0 Å². The lowest BCUT2D eigenvalue weighted by Gasteiger charge is -2.51. The number of fused-ring (bicyclic) bond motifs is 5. The van der Waals surface area contributed by atoms with E-state index in [-0.39, 0.29) is 11.3 Å². The molecule has 4 aliphatic rings. The van der Waals surface area contributed by atoms with E-state index < -0.39 is 5.97 Å². The Morgan fingerprint density at radius 3 is 2.60 bits per heavy atom. The third-order valence-corrected chi connectivity index (χ3v) is 9.58. The highest BCUT2D eigenvalue weighted by atomic mass is 16.4. The molecule has 1 aromatic rings.